The van der Waals surface area contributed by atoms with Crippen LogP contribution in [0.5, 0.6) is 11.5 Å². The first-order chi connectivity index (χ1) is 7.99. The Balaban J connectivity index is 2.56. The second kappa shape index (κ2) is 4.10. The molecule has 1 aromatic carbocycles. The van der Waals surface area contributed by atoms with Crippen LogP contribution in [-0.2, 0) is 0 Å². The van der Waals surface area contributed by atoms with Gasteiger partial charge >= 0.3 is 5.97 Å². The Morgan fingerprint density at radius 3 is 2.59 bits per heavy atom. The van der Waals surface area contributed by atoms with Crippen LogP contribution in [0, 0.1) is 0 Å². The number of benzene rings is 1. The lowest BCUT2D eigenvalue weighted by atomic mass is 10.1. The molecular weight excluding hydrogens is 292 g/mol. The third kappa shape index (κ3) is 2.09. The number of nitrogens with zero attached hydrogens (tertiary/aromatic N) is 1. The van der Waals surface area contributed by atoms with Gasteiger partial charge in [0.1, 0.15) is 5.69 Å². The smallest absolute Gasteiger partial charge is 0.353 e. The van der Waals surface area contributed by atoms with Gasteiger partial charge in [-0.3, -0.25) is 5.10 Å². The zero-order valence-electron chi connectivity index (χ0n) is 8.31. The number of hydrogen-bond donors (Lipinski definition) is 4. The Kier molecular flexibility index (Phi) is 2.76. The first-order valence-corrected chi connectivity index (χ1v) is 5.29. The van der Waals surface area contributed by atoms with Crippen molar-refractivity contribution >= 4 is 21.9 Å². The van der Waals surface area contributed by atoms with E-state index in [2.05, 4.69) is 26.1 Å². The number of phenols is 2. The second-order valence-electron chi connectivity index (χ2n) is 3.29. The summed E-state index contributed by atoms with van der Waals surface area (Å²) in [5, 5.41) is 33.9. The van der Waals surface area contributed by atoms with Gasteiger partial charge in [-0.05, 0) is 18.2 Å². The monoisotopic (exact) mass is 298 g/mol. The molecule has 0 saturated carbocycles. The molecule has 0 radical (unpaired) electrons. The summed E-state index contributed by atoms with van der Waals surface area (Å²) in [6.07, 6.45) is 0. The number of carbonyl (C=O) groups is 1. The molecule has 88 valence electrons. The van der Waals surface area contributed by atoms with E-state index in [4.69, 9.17) is 5.11 Å². The van der Waals surface area contributed by atoms with E-state index in [1.165, 1.54) is 18.2 Å². The van der Waals surface area contributed by atoms with Gasteiger partial charge in [-0.2, -0.15) is 5.10 Å². The summed E-state index contributed by atoms with van der Waals surface area (Å²) in [6, 6.07) is 4.11. The second-order valence-corrected chi connectivity index (χ2v) is 4.21. The molecule has 17 heavy (non-hydrogen) atoms. The fraction of sp³-hybridized carbons (Fsp3) is 0. The number of carboxylic acid groups (broad SMARTS) is 1. The van der Waals surface area contributed by atoms with Crippen LogP contribution in [0.2, 0.25) is 0 Å². The van der Waals surface area contributed by atoms with Gasteiger partial charge in [-0.25, -0.2) is 4.79 Å². The number of phenolic OH excluding ortho intramolecular Hbond substituents is 2. The number of hydrogen-bond acceptors (Lipinski definition) is 4. The number of aromatic nitrogens is 2. The van der Waals surface area contributed by atoms with E-state index in [0.29, 0.717) is 4.47 Å². The molecule has 1 heterocycles. The van der Waals surface area contributed by atoms with E-state index in [1.54, 1.807) is 0 Å². The maximum absolute atomic E-state index is 10.7. The summed E-state index contributed by atoms with van der Waals surface area (Å²) >= 11 is 3.15. The molecule has 6 nitrogen and oxygen atoms in total. The van der Waals surface area contributed by atoms with Crippen LogP contribution in [0.25, 0.3) is 11.3 Å². The Morgan fingerprint density at radius 1 is 1.29 bits per heavy atom. The quantitative estimate of drug-likeness (QED) is 0.634. The van der Waals surface area contributed by atoms with Gasteiger partial charge in [0.2, 0.25) is 0 Å². The van der Waals surface area contributed by atoms with Crippen molar-refractivity contribution in [3.05, 3.63) is 28.4 Å². The van der Waals surface area contributed by atoms with Crippen molar-refractivity contribution in [1.29, 1.82) is 0 Å². The first kappa shape index (κ1) is 11.5. The maximum Gasteiger partial charge on any atom is 0.353 e. The molecule has 0 amide bonds. The molecule has 0 bridgehead atoms. The highest BCUT2D eigenvalue weighted by atomic mass is 79.9. The summed E-state index contributed by atoms with van der Waals surface area (Å²) in [7, 11) is 0. The van der Waals surface area contributed by atoms with E-state index in [0.717, 1.165) is 0 Å². The summed E-state index contributed by atoms with van der Waals surface area (Å²) in [5.74, 6) is -1.81. The van der Waals surface area contributed by atoms with Crippen LogP contribution in [0.15, 0.2) is 22.7 Å². The number of rotatable bonds is 2. The van der Waals surface area contributed by atoms with Crippen LogP contribution in [0.1, 0.15) is 10.5 Å². The van der Waals surface area contributed by atoms with Crippen molar-refractivity contribution in [1.82, 2.24) is 10.2 Å². The minimum atomic E-state index is -1.15. The van der Waals surface area contributed by atoms with E-state index in [1.807, 2.05) is 0 Å². The van der Waals surface area contributed by atoms with E-state index >= 15 is 0 Å². The lowest BCUT2D eigenvalue weighted by molar-refractivity contribution is 0.0690. The summed E-state index contributed by atoms with van der Waals surface area (Å²) in [4.78, 5) is 10.7. The zero-order valence-corrected chi connectivity index (χ0v) is 9.89. The van der Waals surface area contributed by atoms with Gasteiger partial charge in [0, 0.05) is 10.0 Å². The van der Waals surface area contributed by atoms with Crippen molar-refractivity contribution in [3.63, 3.8) is 0 Å². The minimum Gasteiger partial charge on any atom is -0.504 e. The van der Waals surface area contributed by atoms with Crippen LogP contribution >= 0.6 is 15.9 Å². The number of aromatic carboxylic acids is 1. The molecule has 0 aliphatic rings. The number of carboxylic acids is 1. The third-order valence-corrected chi connectivity index (χ3v) is 2.60. The van der Waals surface area contributed by atoms with Crippen molar-refractivity contribution in [2.24, 2.45) is 0 Å². The van der Waals surface area contributed by atoms with Crippen LogP contribution in [0.4, 0.5) is 0 Å². The SMILES string of the molecule is O=C(O)c1cc(-c2cc(Br)cc(O)c2O)n[nH]1. The van der Waals surface area contributed by atoms with Gasteiger partial charge < -0.3 is 15.3 Å². The molecule has 2 aromatic rings. The molecule has 0 spiro atoms. The van der Waals surface area contributed by atoms with E-state index in [9.17, 15) is 15.0 Å². The fourth-order valence-electron chi connectivity index (χ4n) is 1.35. The average Bonchev–Trinajstić information content (AvgIpc) is 2.72. The topological polar surface area (TPSA) is 106 Å². The Bertz CT molecular complexity index is 594. The van der Waals surface area contributed by atoms with Crippen LogP contribution < -0.4 is 0 Å². The van der Waals surface area contributed by atoms with Gasteiger partial charge in [-0.15, -0.1) is 0 Å². The third-order valence-electron chi connectivity index (χ3n) is 2.14. The molecule has 0 unspecified atom stereocenters. The first-order valence-electron chi connectivity index (χ1n) is 4.49. The summed E-state index contributed by atoms with van der Waals surface area (Å²) in [5.41, 5.74) is 0.371. The molecule has 0 fully saturated rings. The molecule has 4 N–H and O–H groups in total. The number of aromatic hydroxyl groups is 2. The zero-order chi connectivity index (χ0) is 12.6. The highest BCUT2D eigenvalue weighted by Crippen LogP contribution is 2.38. The Hall–Kier alpha value is -2.02. The molecule has 7 heteroatoms. The number of halogens is 1. The minimum absolute atomic E-state index is 0.0983. The maximum atomic E-state index is 10.7. The van der Waals surface area contributed by atoms with E-state index < -0.39 is 5.97 Å². The van der Waals surface area contributed by atoms with Gasteiger partial charge in [-0.1, -0.05) is 15.9 Å². The highest BCUT2D eigenvalue weighted by Gasteiger charge is 2.15. The Labute approximate surface area is 104 Å². The molecular formula is C10H7BrN2O4. The highest BCUT2D eigenvalue weighted by molar-refractivity contribution is 9.10. The molecule has 0 aliphatic carbocycles. The number of nitrogens with one attached hydrogen (secondary N) is 1. The van der Waals surface area contributed by atoms with Crippen molar-refractivity contribution < 1.29 is 20.1 Å². The number of H-pyrrole nitrogens is 1. The molecule has 0 aliphatic heterocycles. The number of aromatic amines is 1. The normalized spacial score (nSPS) is 10.4. The Morgan fingerprint density at radius 2 is 2.00 bits per heavy atom. The van der Waals surface area contributed by atoms with Gasteiger partial charge in [0.05, 0.1) is 5.69 Å². The predicted octanol–water partition coefficient (Wildman–Crippen LogP) is 1.95. The summed E-state index contributed by atoms with van der Waals surface area (Å²) in [6.45, 7) is 0. The van der Waals surface area contributed by atoms with E-state index in [-0.39, 0.29) is 28.5 Å². The van der Waals surface area contributed by atoms with Crippen LogP contribution in [0.3, 0.4) is 0 Å². The van der Waals surface area contributed by atoms with Gasteiger partial charge in [0.25, 0.3) is 0 Å². The summed E-state index contributed by atoms with van der Waals surface area (Å²) < 4.78 is 0.544. The standard InChI is InChI=1S/C10H7BrN2O4/c11-4-1-5(9(15)8(14)2-4)6-3-7(10(16)17)13-12-6/h1-3,14-15H,(H,12,13)(H,16,17). The average molecular weight is 299 g/mol. The molecule has 0 saturated heterocycles. The lowest BCUT2D eigenvalue weighted by Crippen LogP contribution is -1.95. The van der Waals surface area contributed by atoms with Crippen molar-refractivity contribution in [2.45, 2.75) is 0 Å². The lowest BCUT2D eigenvalue weighted by Gasteiger charge is -2.04. The molecule has 1 aromatic heterocycles. The van der Waals surface area contributed by atoms with Gasteiger partial charge in [0.15, 0.2) is 11.5 Å². The van der Waals surface area contributed by atoms with Crippen molar-refractivity contribution in [2.75, 3.05) is 0 Å². The van der Waals surface area contributed by atoms with Crippen LogP contribution in [-0.4, -0.2) is 31.5 Å². The largest absolute Gasteiger partial charge is 0.504 e. The molecule has 2 rings (SSSR count). The molecule has 0 atom stereocenters. The fourth-order valence-corrected chi connectivity index (χ4v) is 1.80. The van der Waals surface area contributed by atoms with Crippen molar-refractivity contribution in [3.8, 4) is 22.8 Å². The predicted molar refractivity (Wildman–Crippen MR) is 62.0 cm³/mol.